The number of halogens is 1. The highest BCUT2D eigenvalue weighted by atomic mass is 79.9. The maximum Gasteiger partial charge on any atom is 0.343 e. The molecule has 0 radical (unpaired) electrons. The third-order valence-corrected chi connectivity index (χ3v) is 2.99. The van der Waals surface area contributed by atoms with Crippen LogP contribution in [0, 0.1) is 0 Å². The van der Waals surface area contributed by atoms with Gasteiger partial charge >= 0.3 is 5.97 Å². The van der Waals surface area contributed by atoms with Crippen molar-refractivity contribution >= 4 is 27.7 Å². The Morgan fingerprint density at radius 2 is 1.85 bits per heavy atom. The van der Waals surface area contributed by atoms with Gasteiger partial charge in [0.15, 0.2) is 5.78 Å². The fourth-order valence-corrected chi connectivity index (χ4v) is 1.85. The van der Waals surface area contributed by atoms with E-state index < -0.39 is 5.97 Å². The molecule has 0 unspecified atom stereocenters. The minimum atomic E-state index is -0.580. The second kappa shape index (κ2) is 7.85. The molecule has 0 bridgehead atoms. The van der Waals surface area contributed by atoms with Crippen molar-refractivity contribution < 1.29 is 14.3 Å². The summed E-state index contributed by atoms with van der Waals surface area (Å²) in [6.07, 6.45) is 1.67. The summed E-state index contributed by atoms with van der Waals surface area (Å²) in [5.41, 5.74) is 0.923. The van der Waals surface area contributed by atoms with E-state index in [1.54, 1.807) is 25.9 Å². The van der Waals surface area contributed by atoms with Crippen LogP contribution in [0.5, 0.6) is 0 Å². The number of benzene rings is 1. The van der Waals surface area contributed by atoms with Crippen LogP contribution in [0.2, 0.25) is 0 Å². The van der Waals surface area contributed by atoms with Crippen molar-refractivity contribution in [3.8, 4) is 0 Å². The minimum Gasteiger partial charge on any atom is -0.462 e. The Balaban J connectivity index is 2.88. The first-order chi connectivity index (χ1) is 9.43. The lowest BCUT2D eigenvalue weighted by Gasteiger charge is -2.10. The van der Waals surface area contributed by atoms with Gasteiger partial charge in [0, 0.05) is 31.2 Å². The number of rotatable bonds is 6. The van der Waals surface area contributed by atoms with Gasteiger partial charge in [0.1, 0.15) is 5.57 Å². The van der Waals surface area contributed by atoms with Gasteiger partial charge in [-0.05, 0) is 24.6 Å². The van der Waals surface area contributed by atoms with Gasteiger partial charge in [-0.1, -0.05) is 28.1 Å². The summed E-state index contributed by atoms with van der Waals surface area (Å²) < 4.78 is 5.87. The molecule has 0 aliphatic heterocycles. The average Bonchev–Trinajstić information content (AvgIpc) is 2.38. The number of hydrogen-bond acceptors (Lipinski definition) is 4. The first kappa shape index (κ1) is 16.4. The van der Waals surface area contributed by atoms with Gasteiger partial charge in [-0.15, -0.1) is 0 Å². The summed E-state index contributed by atoms with van der Waals surface area (Å²) in [6, 6.07) is 7.42. The molecular weight excluding hydrogens is 322 g/mol. The first-order valence-corrected chi connectivity index (χ1v) is 7.06. The molecule has 0 aliphatic carbocycles. The van der Waals surface area contributed by atoms with E-state index in [1.165, 1.54) is 6.20 Å². The van der Waals surface area contributed by atoms with Crippen molar-refractivity contribution in [1.82, 2.24) is 4.90 Å². The molecule has 0 amide bonds. The van der Waals surface area contributed by atoms with Crippen LogP contribution in [0.1, 0.15) is 12.5 Å². The zero-order chi connectivity index (χ0) is 15.1. The fourth-order valence-electron chi connectivity index (χ4n) is 1.59. The number of Topliss-reactive ketones (excluding diaryl/α,β-unsaturated/α-hetero) is 1. The summed E-state index contributed by atoms with van der Waals surface area (Å²) in [7, 11) is 3.51. The SMILES string of the molecule is CCOC(=O)C(=CN(C)C)C(=O)Cc1ccc(Br)cc1. The predicted octanol–water partition coefficient (Wildman–Crippen LogP) is 2.57. The number of carbonyl (C=O) groups excluding carboxylic acids is 2. The summed E-state index contributed by atoms with van der Waals surface area (Å²) in [4.78, 5) is 25.7. The zero-order valence-electron chi connectivity index (χ0n) is 11.9. The van der Waals surface area contributed by atoms with Crippen LogP contribution in [0.15, 0.2) is 40.5 Å². The largest absolute Gasteiger partial charge is 0.462 e. The lowest BCUT2D eigenvalue weighted by Crippen LogP contribution is -2.20. The molecule has 0 fully saturated rings. The summed E-state index contributed by atoms with van der Waals surface area (Å²) in [5.74, 6) is -0.831. The van der Waals surface area contributed by atoms with E-state index in [-0.39, 0.29) is 24.4 Å². The molecular formula is C15H18BrNO3. The van der Waals surface area contributed by atoms with Crippen molar-refractivity contribution in [3.63, 3.8) is 0 Å². The van der Waals surface area contributed by atoms with E-state index in [4.69, 9.17) is 4.74 Å². The van der Waals surface area contributed by atoms with E-state index in [9.17, 15) is 9.59 Å². The Labute approximate surface area is 127 Å². The number of ketones is 1. The maximum atomic E-state index is 12.2. The van der Waals surface area contributed by atoms with Gasteiger partial charge in [0.05, 0.1) is 6.61 Å². The number of ether oxygens (including phenoxy) is 1. The first-order valence-electron chi connectivity index (χ1n) is 6.27. The highest BCUT2D eigenvalue weighted by Gasteiger charge is 2.20. The van der Waals surface area contributed by atoms with Crippen LogP contribution in [0.25, 0.3) is 0 Å². The molecule has 108 valence electrons. The Bertz CT molecular complexity index is 506. The lowest BCUT2D eigenvalue weighted by atomic mass is 10.0. The third kappa shape index (κ3) is 5.17. The Morgan fingerprint density at radius 1 is 1.25 bits per heavy atom. The third-order valence-electron chi connectivity index (χ3n) is 2.46. The van der Waals surface area contributed by atoms with Crippen molar-refractivity contribution in [1.29, 1.82) is 0 Å². The van der Waals surface area contributed by atoms with Crippen molar-refractivity contribution in [3.05, 3.63) is 46.1 Å². The Morgan fingerprint density at radius 3 is 2.35 bits per heavy atom. The van der Waals surface area contributed by atoms with E-state index in [2.05, 4.69) is 15.9 Å². The lowest BCUT2D eigenvalue weighted by molar-refractivity contribution is -0.140. The number of hydrogen-bond donors (Lipinski definition) is 0. The monoisotopic (exact) mass is 339 g/mol. The van der Waals surface area contributed by atoms with Gasteiger partial charge in [-0.25, -0.2) is 4.79 Å². The smallest absolute Gasteiger partial charge is 0.343 e. The topological polar surface area (TPSA) is 46.6 Å². The highest BCUT2D eigenvalue weighted by Crippen LogP contribution is 2.13. The molecule has 0 saturated carbocycles. The van der Waals surface area contributed by atoms with E-state index >= 15 is 0 Å². The van der Waals surface area contributed by atoms with Crippen molar-refractivity contribution in [2.24, 2.45) is 0 Å². The van der Waals surface area contributed by atoms with Crippen molar-refractivity contribution in [2.45, 2.75) is 13.3 Å². The fraction of sp³-hybridized carbons (Fsp3) is 0.333. The quantitative estimate of drug-likeness (QED) is 0.346. The molecule has 0 spiro atoms. The number of esters is 1. The molecule has 0 heterocycles. The van der Waals surface area contributed by atoms with Crippen molar-refractivity contribution in [2.75, 3.05) is 20.7 Å². The predicted molar refractivity (Wildman–Crippen MR) is 81.3 cm³/mol. The van der Waals surface area contributed by atoms with Gasteiger partial charge < -0.3 is 9.64 Å². The van der Waals surface area contributed by atoms with E-state index in [1.807, 2.05) is 24.3 Å². The molecule has 20 heavy (non-hydrogen) atoms. The van der Waals surface area contributed by atoms with Crippen LogP contribution < -0.4 is 0 Å². The van der Waals surface area contributed by atoms with Crippen LogP contribution in [0.4, 0.5) is 0 Å². The standard InChI is InChI=1S/C15H18BrNO3/c1-4-20-15(19)13(10-17(2)3)14(18)9-11-5-7-12(16)8-6-11/h5-8,10H,4,9H2,1-3H3. The number of carbonyl (C=O) groups is 2. The summed E-state index contributed by atoms with van der Waals surface area (Å²) >= 11 is 3.34. The Kier molecular flexibility index (Phi) is 6.45. The summed E-state index contributed by atoms with van der Waals surface area (Å²) in [6.45, 7) is 1.96. The number of nitrogens with zero attached hydrogens (tertiary/aromatic N) is 1. The van der Waals surface area contributed by atoms with E-state index in [0.29, 0.717) is 0 Å². The molecule has 0 N–H and O–H groups in total. The molecule has 1 aromatic rings. The van der Waals surface area contributed by atoms with Crippen LogP contribution >= 0.6 is 15.9 Å². The molecule has 4 nitrogen and oxygen atoms in total. The molecule has 5 heteroatoms. The minimum absolute atomic E-state index is 0.0692. The highest BCUT2D eigenvalue weighted by molar-refractivity contribution is 9.10. The van der Waals surface area contributed by atoms with Crippen LogP contribution in [-0.2, 0) is 20.7 Å². The van der Waals surface area contributed by atoms with Gasteiger partial charge in [-0.3, -0.25) is 4.79 Å². The van der Waals surface area contributed by atoms with Gasteiger partial charge in [0.2, 0.25) is 0 Å². The Hall–Kier alpha value is -1.62. The summed E-state index contributed by atoms with van der Waals surface area (Å²) in [5, 5.41) is 0. The molecule has 0 atom stereocenters. The van der Waals surface area contributed by atoms with Gasteiger partial charge in [-0.2, -0.15) is 0 Å². The second-order valence-corrected chi connectivity index (χ2v) is 5.37. The zero-order valence-corrected chi connectivity index (χ0v) is 13.4. The molecule has 0 saturated heterocycles. The molecule has 1 rings (SSSR count). The molecule has 1 aromatic carbocycles. The molecule has 0 aromatic heterocycles. The van der Waals surface area contributed by atoms with E-state index in [0.717, 1.165) is 10.0 Å². The average molecular weight is 340 g/mol. The second-order valence-electron chi connectivity index (χ2n) is 4.45. The normalized spacial score (nSPS) is 11.1. The molecule has 0 aliphatic rings. The van der Waals surface area contributed by atoms with Gasteiger partial charge in [0.25, 0.3) is 0 Å². The van der Waals surface area contributed by atoms with Crippen LogP contribution in [-0.4, -0.2) is 37.4 Å². The van der Waals surface area contributed by atoms with Crippen LogP contribution in [0.3, 0.4) is 0 Å². The maximum absolute atomic E-state index is 12.2.